The molecule has 0 bridgehead atoms. The van der Waals surface area contributed by atoms with Crippen LogP contribution in [0.15, 0.2) is 83.8 Å². The Kier molecular flexibility index (Phi) is 7.53. The van der Waals surface area contributed by atoms with Gasteiger partial charge in [0, 0.05) is 12.1 Å². The number of hydrogen-bond donors (Lipinski definition) is 0. The predicted octanol–water partition coefficient (Wildman–Crippen LogP) is 7.23. The summed E-state index contributed by atoms with van der Waals surface area (Å²) in [6.45, 7) is 0.201. The third-order valence-electron chi connectivity index (χ3n) is 6.08. The lowest BCUT2D eigenvalue weighted by Gasteiger charge is -2.14. The molecule has 0 radical (unpaired) electrons. The van der Waals surface area contributed by atoms with E-state index >= 15 is 0 Å². The van der Waals surface area contributed by atoms with Crippen molar-refractivity contribution in [2.45, 2.75) is 13.2 Å². The maximum Gasteiger partial charge on any atom is 0.293 e. The first-order chi connectivity index (χ1) is 18.8. The second kappa shape index (κ2) is 11.2. The highest BCUT2D eigenvalue weighted by molar-refractivity contribution is 8.18. The largest absolute Gasteiger partial charge is 0.493 e. The molecule has 4 aromatic carbocycles. The van der Waals surface area contributed by atoms with Crippen molar-refractivity contribution in [3.05, 3.63) is 116 Å². The molecule has 10 heteroatoms. The summed E-state index contributed by atoms with van der Waals surface area (Å²) >= 11 is 7.35. The monoisotopic (exact) mass is 560 g/mol. The molecule has 1 fully saturated rings. The number of rotatable bonds is 8. The Labute approximate surface area is 232 Å². The molecule has 0 unspecified atom stereocenters. The second-order valence-electron chi connectivity index (χ2n) is 8.70. The number of carbonyl (C=O) groups excluding carboxylic acids is 2. The van der Waals surface area contributed by atoms with Crippen LogP contribution in [0.3, 0.4) is 0 Å². The van der Waals surface area contributed by atoms with Crippen molar-refractivity contribution in [2.24, 2.45) is 0 Å². The lowest BCUT2D eigenvalue weighted by atomic mass is 10.1. The number of non-ortho nitro benzene ring substituents is 1. The van der Waals surface area contributed by atoms with Gasteiger partial charge >= 0.3 is 0 Å². The van der Waals surface area contributed by atoms with Crippen LogP contribution in [-0.4, -0.2) is 28.1 Å². The molecule has 39 heavy (non-hydrogen) atoms. The molecule has 1 saturated heterocycles. The molecular formula is C29H21ClN2O6S. The van der Waals surface area contributed by atoms with Gasteiger partial charge in [-0.2, -0.15) is 0 Å². The summed E-state index contributed by atoms with van der Waals surface area (Å²) in [5.41, 5.74) is 1.95. The summed E-state index contributed by atoms with van der Waals surface area (Å²) < 4.78 is 11.3. The van der Waals surface area contributed by atoms with E-state index in [1.807, 2.05) is 42.5 Å². The quantitative estimate of drug-likeness (QED) is 0.127. The number of hydrogen-bond acceptors (Lipinski definition) is 7. The minimum atomic E-state index is -0.477. The molecular weight excluding hydrogens is 540 g/mol. The SMILES string of the molecule is COc1cc(/C=C2\SC(=O)N(Cc3ccc4ccccc4c3)C2=O)cc(Cl)c1OCc1cccc([N+](=O)[O-])c1. The Bertz CT molecular complexity index is 1650. The first kappa shape index (κ1) is 26.3. The van der Waals surface area contributed by atoms with Crippen LogP contribution < -0.4 is 9.47 Å². The average Bonchev–Trinajstić information content (AvgIpc) is 3.19. The number of thioether (sulfide) groups is 1. The standard InChI is InChI=1S/C29H21ClN2O6S/c1-37-25-14-20(13-24(30)27(25)38-17-19-5-4-8-23(12-19)32(35)36)15-26-28(33)31(29(34)39-26)16-18-9-10-21-6-2-3-7-22(21)11-18/h2-15H,16-17H2,1H3/b26-15-. The molecule has 1 aliphatic rings. The summed E-state index contributed by atoms with van der Waals surface area (Å²) in [6.07, 6.45) is 1.59. The molecule has 0 N–H and O–H groups in total. The highest BCUT2D eigenvalue weighted by Gasteiger charge is 2.35. The van der Waals surface area contributed by atoms with Gasteiger partial charge in [-0.25, -0.2) is 0 Å². The topological polar surface area (TPSA) is 99.0 Å². The third-order valence-corrected chi connectivity index (χ3v) is 7.27. The first-order valence-corrected chi connectivity index (χ1v) is 13.0. The first-order valence-electron chi connectivity index (χ1n) is 11.8. The minimum absolute atomic E-state index is 0.0325. The van der Waals surface area contributed by atoms with Crippen LogP contribution in [0.5, 0.6) is 11.5 Å². The number of amides is 2. The maximum atomic E-state index is 13.1. The van der Waals surface area contributed by atoms with E-state index in [1.165, 1.54) is 24.1 Å². The van der Waals surface area contributed by atoms with E-state index in [2.05, 4.69) is 0 Å². The summed E-state index contributed by atoms with van der Waals surface area (Å²) in [5, 5.41) is 13.0. The van der Waals surface area contributed by atoms with E-state index in [0.717, 1.165) is 28.1 Å². The molecule has 1 aliphatic heterocycles. The summed E-state index contributed by atoms with van der Waals surface area (Å²) in [4.78, 5) is 37.8. The van der Waals surface area contributed by atoms with Gasteiger partial charge in [-0.15, -0.1) is 0 Å². The van der Waals surface area contributed by atoms with Crippen molar-refractivity contribution in [1.82, 2.24) is 4.90 Å². The van der Waals surface area contributed by atoms with E-state index in [0.29, 0.717) is 16.9 Å². The van der Waals surface area contributed by atoms with E-state index in [-0.39, 0.29) is 45.7 Å². The zero-order chi connectivity index (χ0) is 27.5. The number of ether oxygens (including phenoxy) is 2. The Morgan fingerprint density at radius 3 is 2.54 bits per heavy atom. The van der Waals surface area contributed by atoms with Crippen molar-refractivity contribution < 1.29 is 24.0 Å². The van der Waals surface area contributed by atoms with Crippen LogP contribution in [0.2, 0.25) is 5.02 Å². The second-order valence-corrected chi connectivity index (χ2v) is 10.1. The predicted molar refractivity (Wildman–Crippen MR) is 151 cm³/mol. The fraction of sp³-hybridized carbons (Fsp3) is 0.103. The van der Waals surface area contributed by atoms with Gasteiger partial charge in [-0.3, -0.25) is 24.6 Å². The fourth-order valence-electron chi connectivity index (χ4n) is 4.19. The van der Waals surface area contributed by atoms with Gasteiger partial charge in [-0.1, -0.05) is 60.1 Å². The summed E-state index contributed by atoms with van der Waals surface area (Å²) in [7, 11) is 1.45. The Balaban J connectivity index is 1.33. The van der Waals surface area contributed by atoms with Crippen molar-refractivity contribution in [3.63, 3.8) is 0 Å². The zero-order valence-corrected chi connectivity index (χ0v) is 22.2. The molecule has 0 aromatic heterocycles. The highest BCUT2D eigenvalue weighted by Crippen LogP contribution is 2.39. The van der Waals surface area contributed by atoms with Crippen molar-refractivity contribution in [2.75, 3.05) is 7.11 Å². The van der Waals surface area contributed by atoms with E-state index in [1.54, 1.807) is 30.3 Å². The van der Waals surface area contributed by atoms with Crippen LogP contribution in [0.1, 0.15) is 16.7 Å². The van der Waals surface area contributed by atoms with Crippen molar-refractivity contribution in [3.8, 4) is 11.5 Å². The molecule has 196 valence electrons. The molecule has 8 nitrogen and oxygen atoms in total. The molecule has 0 saturated carbocycles. The number of nitro benzene ring substituents is 1. The summed E-state index contributed by atoms with van der Waals surface area (Å²) in [5.74, 6) is 0.182. The zero-order valence-electron chi connectivity index (χ0n) is 20.6. The minimum Gasteiger partial charge on any atom is -0.493 e. The number of imide groups is 1. The number of benzene rings is 4. The third kappa shape index (κ3) is 5.74. The van der Waals surface area contributed by atoms with E-state index in [9.17, 15) is 19.7 Å². The molecule has 0 atom stereocenters. The lowest BCUT2D eigenvalue weighted by molar-refractivity contribution is -0.384. The van der Waals surface area contributed by atoms with Crippen LogP contribution in [0.4, 0.5) is 10.5 Å². The number of fused-ring (bicyclic) bond motifs is 1. The Hall–Kier alpha value is -4.34. The van der Waals surface area contributed by atoms with Gasteiger partial charge in [-0.05, 0) is 63.5 Å². The van der Waals surface area contributed by atoms with Crippen LogP contribution in [0, 0.1) is 10.1 Å². The van der Waals surface area contributed by atoms with E-state index < -0.39 is 4.92 Å². The van der Waals surface area contributed by atoms with Crippen molar-refractivity contribution in [1.29, 1.82) is 0 Å². The van der Waals surface area contributed by atoms with Crippen LogP contribution >= 0.6 is 23.4 Å². The van der Waals surface area contributed by atoms with Gasteiger partial charge in [0.1, 0.15) is 6.61 Å². The van der Waals surface area contributed by atoms with Gasteiger partial charge < -0.3 is 9.47 Å². The number of carbonyl (C=O) groups is 2. The number of nitrogens with zero attached hydrogens (tertiary/aromatic N) is 2. The van der Waals surface area contributed by atoms with Crippen LogP contribution in [0.25, 0.3) is 16.8 Å². The van der Waals surface area contributed by atoms with Crippen LogP contribution in [-0.2, 0) is 17.9 Å². The van der Waals surface area contributed by atoms with Gasteiger partial charge in [0.15, 0.2) is 11.5 Å². The molecule has 0 aliphatic carbocycles. The Morgan fingerprint density at radius 1 is 0.974 bits per heavy atom. The Morgan fingerprint density at radius 2 is 1.77 bits per heavy atom. The highest BCUT2D eigenvalue weighted by atomic mass is 35.5. The maximum absolute atomic E-state index is 13.1. The number of nitro groups is 1. The fourth-order valence-corrected chi connectivity index (χ4v) is 5.30. The van der Waals surface area contributed by atoms with Gasteiger partial charge in [0.25, 0.3) is 16.8 Å². The molecule has 0 spiro atoms. The number of halogens is 1. The lowest BCUT2D eigenvalue weighted by Crippen LogP contribution is -2.27. The van der Waals surface area contributed by atoms with E-state index in [4.69, 9.17) is 21.1 Å². The normalized spacial score (nSPS) is 14.3. The number of methoxy groups -OCH3 is 1. The summed E-state index contributed by atoms with van der Waals surface area (Å²) in [6, 6.07) is 23.1. The van der Waals surface area contributed by atoms with Gasteiger partial charge in [0.05, 0.1) is 28.5 Å². The van der Waals surface area contributed by atoms with Crippen molar-refractivity contribution >= 4 is 57.0 Å². The van der Waals surface area contributed by atoms with Gasteiger partial charge in [0.2, 0.25) is 0 Å². The average molecular weight is 561 g/mol. The molecule has 1 heterocycles. The smallest absolute Gasteiger partial charge is 0.293 e. The molecule has 5 rings (SSSR count). The molecule has 4 aromatic rings. The molecule has 2 amide bonds.